The molecular weight excluding hydrogens is 248 g/mol. The van der Waals surface area contributed by atoms with E-state index in [4.69, 9.17) is 9.68 Å². The molecule has 1 unspecified atom stereocenters. The summed E-state index contributed by atoms with van der Waals surface area (Å²) in [5.74, 6) is 0.389. The third-order valence-corrected chi connectivity index (χ3v) is 3.35. The first-order valence-electron chi connectivity index (χ1n) is 6.19. The maximum atomic E-state index is 10.5. The molecule has 1 aromatic rings. The maximum Gasteiger partial charge on any atom is 0.433 e. The monoisotopic (exact) mass is 264 g/mol. The number of nitrogens with zero attached hydrogens (tertiary/aromatic N) is 4. The zero-order valence-electron chi connectivity index (χ0n) is 10.8. The molecular formula is C12H16N4O3. The van der Waals surface area contributed by atoms with Gasteiger partial charge in [-0.25, -0.2) is 0 Å². The fourth-order valence-corrected chi connectivity index (χ4v) is 2.16. The predicted octanol–water partition coefficient (Wildman–Crippen LogP) is 1.22. The van der Waals surface area contributed by atoms with Crippen molar-refractivity contribution in [3.63, 3.8) is 0 Å². The van der Waals surface area contributed by atoms with Crippen molar-refractivity contribution >= 4 is 5.88 Å². The van der Waals surface area contributed by atoms with Gasteiger partial charge in [-0.2, -0.15) is 5.26 Å². The molecule has 7 heteroatoms. The second-order valence-corrected chi connectivity index (χ2v) is 4.61. The number of nitro groups is 1. The number of nitriles is 1. The van der Waals surface area contributed by atoms with Crippen molar-refractivity contribution in [2.24, 2.45) is 0 Å². The van der Waals surface area contributed by atoms with Crippen molar-refractivity contribution < 1.29 is 9.34 Å². The van der Waals surface area contributed by atoms with Crippen LogP contribution in [0.25, 0.3) is 0 Å². The lowest BCUT2D eigenvalue weighted by Crippen LogP contribution is -2.48. The van der Waals surface area contributed by atoms with E-state index in [1.54, 1.807) is 6.07 Å². The lowest BCUT2D eigenvalue weighted by molar-refractivity contribution is -0.402. The lowest BCUT2D eigenvalue weighted by Gasteiger charge is -2.35. The Morgan fingerprint density at radius 1 is 1.47 bits per heavy atom. The molecule has 1 aliphatic rings. The number of hydrogen-bond acceptors (Lipinski definition) is 6. The maximum absolute atomic E-state index is 10.5. The van der Waals surface area contributed by atoms with E-state index in [2.05, 4.69) is 15.9 Å². The van der Waals surface area contributed by atoms with Crippen molar-refractivity contribution in [1.82, 2.24) is 9.80 Å². The molecule has 0 spiro atoms. The minimum Gasteiger partial charge on any atom is -0.404 e. The molecule has 0 amide bonds. The van der Waals surface area contributed by atoms with Gasteiger partial charge in [0.05, 0.1) is 24.7 Å². The highest BCUT2D eigenvalue weighted by Gasteiger charge is 2.22. The zero-order chi connectivity index (χ0) is 13.8. The predicted molar refractivity (Wildman–Crippen MR) is 67.3 cm³/mol. The van der Waals surface area contributed by atoms with Crippen LogP contribution < -0.4 is 0 Å². The summed E-state index contributed by atoms with van der Waals surface area (Å²) in [6.45, 7) is 5.80. The molecule has 0 aromatic carbocycles. The molecule has 0 N–H and O–H groups in total. The molecule has 19 heavy (non-hydrogen) atoms. The summed E-state index contributed by atoms with van der Waals surface area (Å²) in [7, 11) is 0. The van der Waals surface area contributed by atoms with Crippen LogP contribution in [0.3, 0.4) is 0 Å². The summed E-state index contributed by atoms with van der Waals surface area (Å²) in [4.78, 5) is 14.3. The van der Waals surface area contributed by atoms with Gasteiger partial charge >= 0.3 is 5.88 Å². The third kappa shape index (κ3) is 3.30. The molecule has 1 atom stereocenters. The Morgan fingerprint density at radius 3 is 2.68 bits per heavy atom. The van der Waals surface area contributed by atoms with Gasteiger partial charge in [0.1, 0.15) is 10.7 Å². The fraction of sp³-hybridized carbons (Fsp3) is 0.583. The Bertz CT molecular complexity index is 485. The van der Waals surface area contributed by atoms with E-state index in [1.807, 2.05) is 6.92 Å². The van der Waals surface area contributed by atoms with Crippen LogP contribution in [-0.2, 0) is 6.54 Å². The normalized spacial score (nSPS) is 18.9. The number of piperazine rings is 1. The smallest absolute Gasteiger partial charge is 0.404 e. The third-order valence-electron chi connectivity index (χ3n) is 3.35. The van der Waals surface area contributed by atoms with Gasteiger partial charge in [0.15, 0.2) is 0 Å². The minimum absolute atomic E-state index is 0.0631. The van der Waals surface area contributed by atoms with Crippen molar-refractivity contribution in [1.29, 1.82) is 5.26 Å². The van der Waals surface area contributed by atoms with E-state index in [0.717, 1.165) is 26.2 Å². The van der Waals surface area contributed by atoms with Gasteiger partial charge in [0, 0.05) is 26.2 Å². The van der Waals surface area contributed by atoms with Crippen LogP contribution in [0.15, 0.2) is 16.5 Å². The second-order valence-electron chi connectivity index (χ2n) is 4.61. The largest absolute Gasteiger partial charge is 0.433 e. The molecule has 7 nitrogen and oxygen atoms in total. The molecule has 1 fully saturated rings. The molecule has 0 aliphatic carbocycles. The highest BCUT2D eigenvalue weighted by Crippen LogP contribution is 2.18. The summed E-state index contributed by atoms with van der Waals surface area (Å²) in [5, 5.41) is 19.4. The van der Waals surface area contributed by atoms with Gasteiger partial charge < -0.3 is 4.42 Å². The average molecular weight is 264 g/mol. The number of furan rings is 1. The van der Waals surface area contributed by atoms with E-state index in [-0.39, 0.29) is 11.9 Å². The first-order chi connectivity index (χ1) is 9.10. The highest BCUT2D eigenvalue weighted by molar-refractivity contribution is 5.17. The van der Waals surface area contributed by atoms with Crippen LogP contribution in [-0.4, -0.2) is 46.9 Å². The molecule has 1 aromatic heterocycles. The first kappa shape index (κ1) is 13.5. The molecule has 1 saturated heterocycles. The molecule has 2 heterocycles. The lowest BCUT2D eigenvalue weighted by atomic mass is 10.2. The van der Waals surface area contributed by atoms with E-state index in [9.17, 15) is 10.1 Å². The first-order valence-corrected chi connectivity index (χ1v) is 6.19. The van der Waals surface area contributed by atoms with Crippen LogP contribution in [0.1, 0.15) is 12.7 Å². The van der Waals surface area contributed by atoms with Crippen molar-refractivity contribution in [3.8, 4) is 6.07 Å². The Hall–Kier alpha value is -1.91. The van der Waals surface area contributed by atoms with Gasteiger partial charge in [-0.1, -0.05) is 0 Å². The van der Waals surface area contributed by atoms with E-state index in [0.29, 0.717) is 12.3 Å². The molecule has 0 bridgehead atoms. The molecule has 0 radical (unpaired) electrons. The quantitative estimate of drug-likeness (QED) is 0.600. The van der Waals surface area contributed by atoms with Gasteiger partial charge in [-0.05, 0) is 13.0 Å². The van der Waals surface area contributed by atoms with Crippen LogP contribution in [0.2, 0.25) is 0 Å². The zero-order valence-corrected chi connectivity index (χ0v) is 10.8. The van der Waals surface area contributed by atoms with Gasteiger partial charge in [0.2, 0.25) is 0 Å². The summed E-state index contributed by atoms with van der Waals surface area (Å²) in [6.07, 6.45) is 0. The molecule has 102 valence electrons. The minimum atomic E-state index is -0.532. The van der Waals surface area contributed by atoms with Crippen LogP contribution in [0.4, 0.5) is 5.88 Å². The Balaban J connectivity index is 1.85. The van der Waals surface area contributed by atoms with E-state index < -0.39 is 4.92 Å². The van der Waals surface area contributed by atoms with Crippen molar-refractivity contribution in [2.75, 3.05) is 26.2 Å². The summed E-state index contributed by atoms with van der Waals surface area (Å²) in [5.41, 5.74) is 0. The molecule has 0 saturated carbocycles. The van der Waals surface area contributed by atoms with Crippen molar-refractivity contribution in [3.05, 3.63) is 28.0 Å². The van der Waals surface area contributed by atoms with Crippen LogP contribution >= 0.6 is 0 Å². The fourth-order valence-electron chi connectivity index (χ4n) is 2.16. The highest BCUT2D eigenvalue weighted by atomic mass is 16.6. The molecule has 2 rings (SSSR count). The Labute approximate surface area is 111 Å². The second kappa shape index (κ2) is 5.82. The van der Waals surface area contributed by atoms with E-state index in [1.165, 1.54) is 6.07 Å². The van der Waals surface area contributed by atoms with Crippen LogP contribution in [0.5, 0.6) is 0 Å². The topological polar surface area (TPSA) is 86.5 Å². The average Bonchev–Trinajstić information content (AvgIpc) is 2.87. The van der Waals surface area contributed by atoms with E-state index >= 15 is 0 Å². The van der Waals surface area contributed by atoms with Gasteiger partial charge in [0.25, 0.3) is 0 Å². The molecule has 1 aliphatic heterocycles. The van der Waals surface area contributed by atoms with Gasteiger partial charge in [-0.15, -0.1) is 0 Å². The Kier molecular flexibility index (Phi) is 4.14. The summed E-state index contributed by atoms with van der Waals surface area (Å²) >= 11 is 0. The number of rotatable bonds is 4. The van der Waals surface area contributed by atoms with Crippen molar-refractivity contribution in [2.45, 2.75) is 19.5 Å². The van der Waals surface area contributed by atoms with Crippen LogP contribution in [0, 0.1) is 21.4 Å². The summed E-state index contributed by atoms with van der Waals surface area (Å²) < 4.78 is 5.14. The standard InChI is InChI=1S/C12H16N4O3/c1-10(8-13)15-6-4-14(5-7-15)9-11-2-3-12(19-11)16(17)18/h2-3,10H,4-7,9H2,1H3. The van der Waals surface area contributed by atoms with Gasteiger partial charge in [-0.3, -0.25) is 19.9 Å². The summed E-state index contributed by atoms with van der Waals surface area (Å²) in [6, 6.07) is 5.19. The number of hydrogen-bond donors (Lipinski definition) is 0. The Morgan fingerprint density at radius 2 is 2.16 bits per heavy atom. The SMILES string of the molecule is CC(C#N)N1CCN(Cc2ccc([N+](=O)[O-])o2)CC1.